The van der Waals surface area contributed by atoms with Gasteiger partial charge in [-0.05, 0) is 16.7 Å². The number of imidazole rings is 1. The monoisotopic (exact) mass is 400 g/mol. The third-order valence-corrected chi connectivity index (χ3v) is 5.08. The number of rotatable bonds is 6. The number of hydrogen-bond acceptors (Lipinski definition) is 2. The van der Waals surface area contributed by atoms with Gasteiger partial charge in [0, 0.05) is 6.20 Å². The van der Waals surface area contributed by atoms with Gasteiger partial charge in [0.25, 0.3) is 0 Å². The van der Waals surface area contributed by atoms with E-state index in [1.807, 2.05) is 91.0 Å². The van der Waals surface area contributed by atoms with Crippen molar-refractivity contribution < 1.29 is 13.6 Å². The van der Waals surface area contributed by atoms with Crippen LogP contribution in [0.25, 0.3) is 5.83 Å². The summed E-state index contributed by atoms with van der Waals surface area (Å²) in [6.45, 7) is 0. The maximum atomic E-state index is 14.3. The molecule has 5 heteroatoms. The van der Waals surface area contributed by atoms with Crippen molar-refractivity contribution >= 4 is 12.1 Å². The number of nitrogens with zero attached hydrogens (tertiary/aromatic N) is 2. The van der Waals surface area contributed by atoms with Gasteiger partial charge in [0.2, 0.25) is 5.83 Å². The largest absolute Gasteiger partial charge is 0.318 e. The molecule has 4 rings (SSSR count). The highest BCUT2D eigenvalue weighted by Crippen LogP contribution is 2.41. The Balaban J connectivity index is 2.07. The summed E-state index contributed by atoms with van der Waals surface area (Å²) in [6.07, 6.45) is 2.72. The van der Waals surface area contributed by atoms with Crippen LogP contribution in [-0.2, 0) is 10.3 Å². The second kappa shape index (κ2) is 8.25. The van der Waals surface area contributed by atoms with Crippen LogP contribution < -0.4 is 0 Å². The zero-order valence-corrected chi connectivity index (χ0v) is 16.0. The lowest BCUT2D eigenvalue weighted by atomic mass is 9.77. The summed E-state index contributed by atoms with van der Waals surface area (Å²) in [4.78, 5) is 14.7. The first kappa shape index (κ1) is 19.5. The van der Waals surface area contributed by atoms with Crippen LogP contribution in [0.1, 0.15) is 22.4 Å². The van der Waals surface area contributed by atoms with Gasteiger partial charge in [-0.3, -0.25) is 4.79 Å². The van der Waals surface area contributed by atoms with Gasteiger partial charge in [0.1, 0.15) is 11.2 Å². The van der Waals surface area contributed by atoms with Gasteiger partial charge < -0.3 is 4.57 Å². The van der Waals surface area contributed by atoms with Crippen LogP contribution >= 0.6 is 0 Å². The van der Waals surface area contributed by atoms with Gasteiger partial charge in [-0.25, -0.2) is 13.8 Å². The zero-order chi connectivity index (χ0) is 21.0. The number of hydrogen-bond donors (Lipinski definition) is 0. The Morgan fingerprint density at radius 3 is 1.60 bits per heavy atom. The molecule has 0 N–H and O–H groups in total. The molecule has 4 aromatic rings. The van der Waals surface area contributed by atoms with Gasteiger partial charge in [0.15, 0.2) is 12.1 Å². The van der Waals surface area contributed by atoms with Gasteiger partial charge in [-0.15, -0.1) is 0 Å². The molecule has 148 valence electrons. The molecule has 0 aliphatic rings. The Kier molecular flexibility index (Phi) is 5.35. The molecule has 30 heavy (non-hydrogen) atoms. The average Bonchev–Trinajstić information content (AvgIpc) is 3.31. The predicted molar refractivity (Wildman–Crippen MR) is 112 cm³/mol. The molecule has 0 aliphatic carbocycles. The number of benzene rings is 3. The van der Waals surface area contributed by atoms with E-state index in [-0.39, 0.29) is 12.0 Å². The van der Waals surface area contributed by atoms with Crippen LogP contribution in [0.3, 0.4) is 0 Å². The summed E-state index contributed by atoms with van der Waals surface area (Å²) in [5.74, 6) is -2.77. The highest BCUT2D eigenvalue weighted by molar-refractivity contribution is 5.81. The number of carbonyl (C=O) groups excluding carboxylic acids is 1. The fourth-order valence-electron chi connectivity index (χ4n) is 3.78. The maximum absolute atomic E-state index is 14.3. The lowest BCUT2D eigenvalue weighted by Gasteiger charge is -2.37. The first-order chi connectivity index (χ1) is 14.7. The maximum Gasteiger partial charge on any atom is 0.200 e. The van der Waals surface area contributed by atoms with E-state index in [9.17, 15) is 13.6 Å². The van der Waals surface area contributed by atoms with Crippen molar-refractivity contribution in [3.05, 3.63) is 132 Å². The first-order valence-electron chi connectivity index (χ1n) is 9.39. The summed E-state index contributed by atoms with van der Waals surface area (Å²) in [5.41, 5.74) is 1.64. The lowest BCUT2D eigenvalue weighted by molar-refractivity contribution is -0.106. The summed E-state index contributed by atoms with van der Waals surface area (Å²) in [6, 6.07) is 29.3. The highest BCUT2D eigenvalue weighted by atomic mass is 19.2. The molecule has 0 fully saturated rings. The number of halogens is 2. The normalized spacial score (nSPS) is 12.3. The first-order valence-corrected chi connectivity index (χ1v) is 9.39. The second-order valence-electron chi connectivity index (χ2n) is 6.75. The van der Waals surface area contributed by atoms with Gasteiger partial charge in [0.05, 0.1) is 6.33 Å². The standard InChI is InChI=1S/C25H18F2N2O/c26-22(17-30)24(27)23-16-29(18-28-23)25(19-10-4-1-5-11-19,20-12-6-2-7-13-20)21-14-8-3-9-15-21/h1-18H/b24-22+. The zero-order valence-electron chi connectivity index (χ0n) is 16.0. The molecule has 0 saturated carbocycles. The van der Waals surface area contributed by atoms with Crippen molar-refractivity contribution in [2.24, 2.45) is 0 Å². The van der Waals surface area contributed by atoms with E-state index in [0.29, 0.717) is 0 Å². The van der Waals surface area contributed by atoms with Crippen LogP contribution in [0.2, 0.25) is 0 Å². The van der Waals surface area contributed by atoms with Crippen molar-refractivity contribution in [2.45, 2.75) is 5.54 Å². The van der Waals surface area contributed by atoms with E-state index in [4.69, 9.17) is 0 Å². The molecule has 1 heterocycles. The van der Waals surface area contributed by atoms with Crippen molar-refractivity contribution in [2.75, 3.05) is 0 Å². The minimum Gasteiger partial charge on any atom is -0.318 e. The van der Waals surface area contributed by atoms with Crippen molar-refractivity contribution in [3.8, 4) is 0 Å². The molecule has 0 bridgehead atoms. The minimum absolute atomic E-state index is 0.160. The Morgan fingerprint density at radius 1 is 0.767 bits per heavy atom. The number of allylic oxidation sites excluding steroid dienone is 1. The molecular weight excluding hydrogens is 382 g/mol. The molecule has 0 amide bonds. The summed E-state index contributed by atoms with van der Waals surface area (Å²) < 4.78 is 29.7. The molecule has 3 nitrogen and oxygen atoms in total. The van der Waals surface area contributed by atoms with Crippen molar-refractivity contribution in [3.63, 3.8) is 0 Å². The smallest absolute Gasteiger partial charge is 0.200 e. The van der Waals surface area contributed by atoms with Crippen LogP contribution in [0.4, 0.5) is 8.78 Å². The SMILES string of the molecule is O=C/C(F)=C(\F)c1cn(C(c2ccccc2)(c2ccccc2)c2ccccc2)cn1. The predicted octanol–water partition coefficient (Wildman–Crippen LogP) is 5.53. The Labute approximate surface area is 173 Å². The average molecular weight is 400 g/mol. The van der Waals surface area contributed by atoms with Gasteiger partial charge in [-0.1, -0.05) is 91.0 Å². The quantitative estimate of drug-likeness (QED) is 0.242. The van der Waals surface area contributed by atoms with E-state index in [1.165, 1.54) is 12.5 Å². The fourth-order valence-corrected chi connectivity index (χ4v) is 3.78. The third-order valence-electron chi connectivity index (χ3n) is 5.08. The molecule has 0 saturated heterocycles. The van der Waals surface area contributed by atoms with Crippen molar-refractivity contribution in [1.29, 1.82) is 0 Å². The Bertz CT molecular complexity index is 1070. The lowest BCUT2D eigenvalue weighted by Crippen LogP contribution is -2.36. The van der Waals surface area contributed by atoms with Crippen molar-refractivity contribution in [1.82, 2.24) is 9.55 Å². The molecule has 0 radical (unpaired) electrons. The third kappa shape index (κ3) is 3.24. The summed E-state index contributed by atoms with van der Waals surface area (Å²) >= 11 is 0. The van der Waals surface area contributed by atoms with Gasteiger partial charge >= 0.3 is 0 Å². The van der Waals surface area contributed by atoms with Crippen LogP contribution in [0, 0.1) is 0 Å². The Morgan fingerprint density at radius 2 is 1.20 bits per heavy atom. The molecule has 0 unspecified atom stereocenters. The summed E-state index contributed by atoms with van der Waals surface area (Å²) in [5, 5.41) is 0. The van der Waals surface area contributed by atoms with E-state index >= 15 is 0 Å². The molecule has 0 aliphatic heterocycles. The summed E-state index contributed by atoms with van der Waals surface area (Å²) in [7, 11) is 0. The molecule has 0 atom stereocenters. The van der Waals surface area contributed by atoms with E-state index in [1.54, 1.807) is 4.57 Å². The minimum atomic E-state index is -1.48. The number of aldehydes is 1. The molecule has 3 aromatic carbocycles. The number of aromatic nitrogens is 2. The Hall–Kier alpha value is -3.86. The van der Waals surface area contributed by atoms with Crippen LogP contribution in [0.15, 0.2) is 109 Å². The van der Waals surface area contributed by atoms with E-state index < -0.39 is 17.2 Å². The van der Waals surface area contributed by atoms with Gasteiger partial charge in [-0.2, -0.15) is 0 Å². The fraction of sp³-hybridized carbons (Fsp3) is 0.0400. The van der Waals surface area contributed by atoms with Crippen LogP contribution in [0.5, 0.6) is 0 Å². The van der Waals surface area contributed by atoms with E-state index in [0.717, 1.165) is 16.7 Å². The topological polar surface area (TPSA) is 34.9 Å². The van der Waals surface area contributed by atoms with Crippen LogP contribution in [-0.4, -0.2) is 15.8 Å². The number of carbonyl (C=O) groups is 1. The second-order valence-corrected chi connectivity index (χ2v) is 6.75. The highest BCUT2D eigenvalue weighted by Gasteiger charge is 2.38. The van der Waals surface area contributed by atoms with E-state index in [2.05, 4.69) is 4.98 Å². The molecule has 0 spiro atoms. The molecule has 1 aromatic heterocycles. The molecular formula is C25H18F2N2O.